The summed E-state index contributed by atoms with van der Waals surface area (Å²) < 4.78 is 29.7. The zero-order valence-electron chi connectivity index (χ0n) is 12.7. The van der Waals surface area contributed by atoms with Gasteiger partial charge in [-0.05, 0) is 23.8 Å². The lowest BCUT2D eigenvalue weighted by molar-refractivity contribution is 0.411. The topological polar surface area (TPSA) is 91.4 Å². The summed E-state index contributed by atoms with van der Waals surface area (Å²) in [4.78, 5) is 11.6. The van der Waals surface area contributed by atoms with E-state index in [4.69, 9.17) is 10.5 Å². The molecular weight excluding hydrogens is 304 g/mol. The highest BCUT2D eigenvalue weighted by Gasteiger charge is 2.12. The van der Waals surface area contributed by atoms with E-state index < -0.39 is 9.84 Å². The molecule has 0 unspecified atom stereocenters. The third-order valence-corrected chi connectivity index (χ3v) is 4.08. The van der Waals surface area contributed by atoms with Crippen LogP contribution in [-0.2, 0) is 22.6 Å². The summed E-state index contributed by atoms with van der Waals surface area (Å²) in [5, 5.41) is 0. The second-order valence-electron chi connectivity index (χ2n) is 5.20. The summed E-state index contributed by atoms with van der Waals surface area (Å²) in [6.07, 6.45) is 2.83. The molecule has 0 aliphatic heterocycles. The van der Waals surface area contributed by atoms with E-state index in [2.05, 4.69) is 0 Å². The fraction of sp³-hybridized carbons (Fsp3) is 0.267. The molecule has 2 aromatic rings. The van der Waals surface area contributed by atoms with Gasteiger partial charge in [-0.15, -0.1) is 0 Å². The summed E-state index contributed by atoms with van der Waals surface area (Å²) in [5.74, 6) is 0.387. The van der Waals surface area contributed by atoms with Gasteiger partial charge in [0.05, 0.1) is 18.6 Å². The molecule has 2 N–H and O–H groups in total. The Hall–Kier alpha value is -2.28. The molecule has 6 nitrogen and oxygen atoms in total. The smallest absolute Gasteiger partial charge is 0.273 e. The number of sulfone groups is 1. The van der Waals surface area contributed by atoms with Gasteiger partial charge in [-0.25, -0.2) is 8.42 Å². The number of aromatic nitrogens is 1. The third kappa shape index (κ3) is 3.48. The number of nitrogens with two attached hydrogens (primary N) is 1. The number of hydrogen-bond acceptors (Lipinski definition) is 5. The van der Waals surface area contributed by atoms with Crippen molar-refractivity contribution in [1.29, 1.82) is 0 Å². The lowest BCUT2D eigenvalue weighted by Gasteiger charge is -2.11. The molecule has 1 aromatic heterocycles. The SMILES string of the molecule is COc1ccc(-c2cc(N)c(=O)n(C)c2)cc1CS(C)(=O)=O. The van der Waals surface area contributed by atoms with Crippen molar-refractivity contribution in [3.05, 3.63) is 46.4 Å². The Labute approximate surface area is 129 Å². The molecule has 1 heterocycles. The zero-order valence-corrected chi connectivity index (χ0v) is 13.5. The molecule has 0 atom stereocenters. The molecule has 0 saturated heterocycles. The minimum atomic E-state index is -3.19. The first-order valence-corrected chi connectivity index (χ1v) is 8.58. The highest BCUT2D eigenvalue weighted by Crippen LogP contribution is 2.28. The fourth-order valence-electron chi connectivity index (χ4n) is 2.25. The maximum atomic E-state index is 11.6. The Morgan fingerprint density at radius 2 is 1.91 bits per heavy atom. The number of nitrogens with zero attached hydrogens (tertiary/aromatic N) is 1. The Bertz CT molecular complexity index is 843. The van der Waals surface area contributed by atoms with E-state index in [1.54, 1.807) is 37.5 Å². The quantitative estimate of drug-likeness (QED) is 0.913. The van der Waals surface area contributed by atoms with Crippen LogP contribution in [0.25, 0.3) is 11.1 Å². The second-order valence-corrected chi connectivity index (χ2v) is 7.34. The molecule has 22 heavy (non-hydrogen) atoms. The van der Waals surface area contributed by atoms with Crippen LogP contribution in [0.2, 0.25) is 0 Å². The van der Waals surface area contributed by atoms with Gasteiger partial charge in [-0.1, -0.05) is 6.07 Å². The lowest BCUT2D eigenvalue weighted by atomic mass is 10.0. The maximum absolute atomic E-state index is 11.6. The van der Waals surface area contributed by atoms with Crippen LogP contribution in [0.3, 0.4) is 0 Å². The van der Waals surface area contributed by atoms with Crippen LogP contribution >= 0.6 is 0 Å². The lowest BCUT2D eigenvalue weighted by Crippen LogP contribution is -2.19. The monoisotopic (exact) mass is 322 g/mol. The standard InChI is InChI=1S/C15H18N2O4S/c1-17-8-11(7-13(16)15(17)18)10-4-5-14(21-2)12(6-10)9-22(3,19)20/h4-8H,9,16H2,1-3H3. The number of nitrogen functional groups attached to an aromatic ring is 1. The first-order valence-electron chi connectivity index (χ1n) is 6.52. The van der Waals surface area contributed by atoms with Crippen molar-refractivity contribution >= 4 is 15.5 Å². The summed E-state index contributed by atoms with van der Waals surface area (Å²) in [6.45, 7) is 0. The number of pyridine rings is 1. The van der Waals surface area contributed by atoms with Crippen molar-refractivity contribution in [3.8, 4) is 16.9 Å². The average Bonchev–Trinajstić information content (AvgIpc) is 2.42. The summed E-state index contributed by atoms with van der Waals surface area (Å²) in [6, 6.07) is 6.81. The van der Waals surface area contributed by atoms with Gasteiger partial charge < -0.3 is 15.0 Å². The molecule has 0 fully saturated rings. The highest BCUT2D eigenvalue weighted by atomic mass is 32.2. The Kier molecular flexibility index (Phi) is 4.27. The molecule has 0 aliphatic rings. The summed E-state index contributed by atoms with van der Waals surface area (Å²) in [7, 11) is -0.0864. The Balaban J connectivity index is 2.58. The first kappa shape index (κ1) is 16.1. The van der Waals surface area contributed by atoms with Crippen molar-refractivity contribution in [2.24, 2.45) is 7.05 Å². The zero-order chi connectivity index (χ0) is 16.5. The highest BCUT2D eigenvalue weighted by molar-refractivity contribution is 7.89. The number of ether oxygens (including phenoxy) is 1. The number of aryl methyl sites for hydroxylation is 1. The molecule has 7 heteroatoms. The molecule has 0 radical (unpaired) electrons. The van der Waals surface area contributed by atoms with E-state index >= 15 is 0 Å². The first-order chi connectivity index (χ1) is 10.2. The van der Waals surface area contributed by atoms with E-state index in [1.807, 2.05) is 0 Å². The molecule has 0 saturated carbocycles. The molecule has 0 aliphatic carbocycles. The molecule has 1 aromatic carbocycles. The van der Waals surface area contributed by atoms with Crippen LogP contribution in [0, 0.1) is 0 Å². The number of methoxy groups -OCH3 is 1. The number of rotatable bonds is 4. The van der Waals surface area contributed by atoms with E-state index in [1.165, 1.54) is 17.9 Å². The van der Waals surface area contributed by atoms with Crippen LogP contribution in [0.1, 0.15) is 5.56 Å². The molecular formula is C15H18N2O4S. The van der Waals surface area contributed by atoms with Gasteiger partial charge in [0, 0.05) is 30.6 Å². The van der Waals surface area contributed by atoms with Gasteiger partial charge in [0.1, 0.15) is 5.75 Å². The Morgan fingerprint density at radius 1 is 1.23 bits per heavy atom. The van der Waals surface area contributed by atoms with Crippen LogP contribution in [-0.4, -0.2) is 26.4 Å². The molecule has 0 amide bonds. The molecule has 0 bridgehead atoms. The fourth-order valence-corrected chi connectivity index (χ4v) is 3.04. The summed E-state index contributed by atoms with van der Waals surface area (Å²) >= 11 is 0. The van der Waals surface area contributed by atoms with Gasteiger partial charge in [0.2, 0.25) is 0 Å². The predicted octanol–water partition coefficient (Wildman–Crippen LogP) is 1.19. The van der Waals surface area contributed by atoms with Crippen LogP contribution in [0.4, 0.5) is 5.69 Å². The summed E-state index contributed by atoms with van der Waals surface area (Å²) in [5.41, 5.74) is 7.63. The average molecular weight is 322 g/mol. The van der Waals surface area contributed by atoms with Gasteiger partial charge >= 0.3 is 0 Å². The number of hydrogen-bond donors (Lipinski definition) is 1. The minimum Gasteiger partial charge on any atom is -0.496 e. The molecule has 118 valence electrons. The third-order valence-electron chi connectivity index (χ3n) is 3.24. The van der Waals surface area contributed by atoms with Crippen LogP contribution < -0.4 is 16.0 Å². The van der Waals surface area contributed by atoms with E-state index in [0.717, 1.165) is 11.1 Å². The van der Waals surface area contributed by atoms with Gasteiger partial charge in [0.25, 0.3) is 5.56 Å². The Morgan fingerprint density at radius 3 is 2.45 bits per heavy atom. The molecule has 0 spiro atoms. The normalized spacial score (nSPS) is 11.4. The van der Waals surface area contributed by atoms with Crippen molar-refractivity contribution in [2.45, 2.75) is 5.75 Å². The molecule has 2 rings (SSSR count). The minimum absolute atomic E-state index is 0.120. The van der Waals surface area contributed by atoms with Crippen molar-refractivity contribution < 1.29 is 13.2 Å². The maximum Gasteiger partial charge on any atom is 0.273 e. The van der Waals surface area contributed by atoms with Gasteiger partial charge in [0.15, 0.2) is 9.84 Å². The van der Waals surface area contributed by atoms with Gasteiger partial charge in [-0.3, -0.25) is 4.79 Å². The number of benzene rings is 1. The van der Waals surface area contributed by atoms with Crippen molar-refractivity contribution in [3.63, 3.8) is 0 Å². The van der Waals surface area contributed by atoms with Crippen LogP contribution in [0.15, 0.2) is 35.3 Å². The van der Waals surface area contributed by atoms with E-state index in [0.29, 0.717) is 11.3 Å². The van der Waals surface area contributed by atoms with Gasteiger partial charge in [-0.2, -0.15) is 0 Å². The van der Waals surface area contributed by atoms with Crippen molar-refractivity contribution in [2.75, 3.05) is 19.1 Å². The second kappa shape index (κ2) is 5.84. The predicted molar refractivity (Wildman–Crippen MR) is 86.6 cm³/mol. The number of anilines is 1. The van der Waals surface area contributed by atoms with E-state index in [-0.39, 0.29) is 17.0 Å². The van der Waals surface area contributed by atoms with E-state index in [9.17, 15) is 13.2 Å². The van der Waals surface area contributed by atoms with Crippen LogP contribution in [0.5, 0.6) is 5.75 Å². The largest absolute Gasteiger partial charge is 0.496 e. The van der Waals surface area contributed by atoms with Crippen molar-refractivity contribution in [1.82, 2.24) is 4.57 Å².